The summed E-state index contributed by atoms with van der Waals surface area (Å²) in [5.74, 6) is 0.620. The van der Waals surface area contributed by atoms with Crippen LogP contribution in [0.4, 0.5) is 0 Å². The summed E-state index contributed by atoms with van der Waals surface area (Å²) in [5.41, 5.74) is 5.62. The molecule has 1 amide bonds. The van der Waals surface area contributed by atoms with Gasteiger partial charge in [-0.1, -0.05) is 13.3 Å². The number of hydrogen-bond acceptors (Lipinski definition) is 3. The van der Waals surface area contributed by atoms with Crippen molar-refractivity contribution in [3.05, 3.63) is 0 Å². The van der Waals surface area contributed by atoms with Gasteiger partial charge in [0.05, 0.1) is 6.04 Å². The van der Waals surface area contributed by atoms with Gasteiger partial charge < -0.3 is 11.1 Å². The number of nitrogens with zero attached hydrogens (tertiary/aromatic N) is 1. The topological polar surface area (TPSA) is 58.4 Å². The van der Waals surface area contributed by atoms with Crippen LogP contribution in [-0.4, -0.2) is 43.5 Å². The van der Waals surface area contributed by atoms with Crippen LogP contribution in [0.1, 0.15) is 26.2 Å². The number of likely N-dealkylation sites (tertiary alicyclic amines) is 1. The molecule has 15 heavy (non-hydrogen) atoms. The average Bonchev–Trinajstić information content (AvgIpc) is 2.28. The molecular weight excluding hydrogens is 190 g/mol. The lowest BCUT2D eigenvalue weighted by atomic mass is 9.99. The van der Waals surface area contributed by atoms with Crippen LogP contribution >= 0.6 is 0 Å². The predicted octanol–water partition coefficient (Wildman–Crippen LogP) is 0.182. The van der Waals surface area contributed by atoms with Crippen molar-refractivity contribution < 1.29 is 4.79 Å². The van der Waals surface area contributed by atoms with Crippen LogP contribution in [0.3, 0.4) is 0 Å². The lowest BCUT2D eigenvalue weighted by Gasteiger charge is -2.35. The number of rotatable bonds is 4. The molecule has 1 fully saturated rings. The highest BCUT2D eigenvalue weighted by molar-refractivity contribution is 5.81. The minimum atomic E-state index is 0.0674. The third kappa shape index (κ3) is 3.47. The standard InChI is InChI=1S/C11H23N3O/c1-9(7-12)8-14-6-4-3-5-10(14)11(15)13-2/h9-10H,3-8,12H2,1-2H3,(H,13,15). The zero-order valence-electron chi connectivity index (χ0n) is 9.83. The Morgan fingerprint density at radius 3 is 2.93 bits per heavy atom. The van der Waals surface area contributed by atoms with E-state index in [9.17, 15) is 4.79 Å². The van der Waals surface area contributed by atoms with Crippen LogP contribution in [0, 0.1) is 5.92 Å². The van der Waals surface area contributed by atoms with Gasteiger partial charge in [0.15, 0.2) is 0 Å². The van der Waals surface area contributed by atoms with Crippen LogP contribution in [0.5, 0.6) is 0 Å². The third-order valence-electron chi connectivity index (χ3n) is 3.11. The minimum absolute atomic E-state index is 0.0674. The summed E-state index contributed by atoms with van der Waals surface area (Å²) in [6, 6.07) is 0.0674. The number of carbonyl (C=O) groups is 1. The lowest BCUT2D eigenvalue weighted by Crippen LogP contribution is -2.50. The molecule has 88 valence electrons. The van der Waals surface area contributed by atoms with Gasteiger partial charge in [0, 0.05) is 13.6 Å². The molecule has 0 aromatic heterocycles. The van der Waals surface area contributed by atoms with Crippen molar-refractivity contribution in [2.24, 2.45) is 11.7 Å². The van der Waals surface area contributed by atoms with Gasteiger partial charge in [-0.05, 0) is 31.8 Å². The fourth-order valence-electron chi connectivity index (χ4n) is 2.15. The van der Waals surface area contributed by atoms with Crippen molar-refractivity contribution in [1.82, 2.24) is 10.2 Å². The minimum Gasteiger partial charge on any atom is -0.358 e. The van der Waals surface area contributed by atoms with E-state index in [0.29, 0.717) is 12.5 Å². The van der Waals surface area contributed by atoms with Crippen molar-refractivity contribution in [2.75, 3.05) is 26.7 Å². The molecule has 0 aromatic rings. The zero-order chi connectivity index (χ0) is 11.3. The summed E-state index contributed by atoms with van der Waals surface area (Å²) in [5, 5.41) is 2.74. The van der Waals surface area contributed by atoms with Crippen molar-refractivity contribution in [3.8, 4) is 0 Å². The van der Waals surface area contributed by atoms with Crippen LogP contribution in [0.15, 0.2) is 0 Å². The van der Waals surface area contributed by atoms with Crippen molar-refractivity contribution >= 4 is 5.91 Å². The maximum atomic E-state index is 11.7. The Morgan fingerprint density at radius 2 is 2.33 bits per heavy atom. The van der Waals surface area contributed by atoms with Crippen LogP contribution in [0.25, 0.3) is 0 Å². The van der Waals surface area contributed by atoms with E-state index in [0.717, 1.165) is 25.9 Å². The summed E-state index contributed by atoms with van der Waals surface area (Å²) in [6.07, 6.45) is 3.34. The first-order valence-electron chi connectivity index (χ1n) is 5.84. The van der Waals surface area contributed by atoms with Crippen LogP contribution in [0.2, 0.25) is 0 Å². The summed E-state index contributed by atoms with van der Waals surface area (Å²) >= 11 is 0. The quantitative estimate of drug-likeness (QED) is 0.700. The fraction of sp³-hybridized carbons (Fsp3) is 0.909. The molecule has 0 bridgehead atoms. The first kappa shape index (κ1) is 12.5. The second-order valence-electron chi connectivity index (χ2n) is 4.46. The van der Waals surface area contributed by atoms with E-state index in [2.05, 4.69) is 17.1 Å². The van der Waals surface area contributed by atoms with Crippen molar-refractivity contribution in [1.29, 1.82) is 0 Å². The number of amides is 1. The zero-order valence-corrected chi connectivity index (χ0v) is 9.83. The Labute approximate surface area is 92.2 Å². The smallest absolute Gasteiger partial charge is 0.237 e. The highest BCUT2D eigenvalue weighted by Crippen LogP contribution is 2.18. The second-order valence-corrected chi connectivity index (χ2v) is 4.46. The van der Waals surface area contributed by atoms with E-state index >= 15 is 0 Å². The van der Waals surface area contributed by atoms with Crippen molar-refractivity contribution in [3.63, 3.8) is 0 Å². The number of likely N-dealkylation sites (N-methyl/N-ethyl adjacent to an activating group) is 1. The molecule has 3 N–H and O–H groups in total. The van der Waals surface area contributed by atoms with Gasteiger partial charge in [0.2, 0.25) is 5.91 Å². The van der Waals surface area contributed by atoms with Gasteiger partial charge in [0.25, 0.3) is 0 Å². The molecule has 4 heteroatoms. The maximum absolute atomic E-state index is 11.7. The van der Waals surface area contributed by atoms with E-state index < -0.39 is 0 Å². The monoisotopic (exact) mass is 213 g/mol. The van der Waals surface area contributed by atoms with Gasteiger partial charge in [-0.3, -0.25) is 9.69 Å². The summed E-state index contributed by atoms with van der Waals surface area (Å²) in [4.78, 5) is 13.9. The van der Waals surface area contributed by atoms with Crippen molar-refractivity contribution in [2.45, 2.75) is 32.2 Å². The van der Waals surface area contributed by atoms with E-state index in [1.165, 1.54) is 6.42 Å². The van der Waals surface area contributed by atoms with Crippen LogP contribution < -0.4 is 11.1 Å². The van der Waals surface area contributed by atoms with E-state index in [1.807, 2.05) is 0 Å². The molecule has 0 saturated carbocycles. The predicted molar refractivity (Wildman–Crippen MR) is 61.5 cm³/mol. The molecule has 2 unspecified atom stereocenters. The molecule has 2 atom stereocenters. The summed E-state index contributed by atoms with van der Waals surface area (Å²) in [7, 11) is 1.71. The first-order chi connectivity index (χ1) is 7.19. The SMILES string of the molecule is CNC(=O)C1CCCCN1CC(C)CN. The summed E-state index contributed by atoms with van der Waals surface area (Å²) in [6.45, 7) is 4.80. The molecule has 0 radical (unpaired) electrons. The van der Waals surface area contributed by atoms with Gasteiger partial charge in [-0.15, -0.1) is 0 Å². The molecule has 0 spiro atoms. The number of hydrogen-bond donors (Lipinski definition) is 2. The number of nitrogens with two attached hydrogens (primary N) is 1. The van der Waals surface area contributed by atoms with Crippen LogP contribution in [-0.2, 0) is 4.79 Å². The molecule has 1 aliphatic rings. The maximum Gasteiger partial charge on any atom is 0.237 e. The summed E-state index contributed by atoms with van der Waals surface area (Å²) < 4.78 is 0. The molecular formula is C11H23N3O. The van der Waals surface area contributed by atoms with Gasteiger partial charge in [-0.2, -0.15) is 0 Å². The Balaban J connectivity index is 2.53. The molecule has 4 nitrogen and oxygen atoms in total. The Morgan fingerprint density at radius 1 is 1.60 bits per heavy atom. The molecule has 1 heterocycles. The lowest BCUT2D eigenvalue weighted by molar-refractivity contribution is -0.127. The number of carbonyl (C=O) groups excluding carboxylic acids is 1. The Bertz CT molecular complexity index is 208. The molecule has 0 aromatic carbocycles. The fourth-order valence-corrected chi connectivity index (χ4v) is 2.15. The highest BCUT2D eigenvalue weighted by atomic mass is 16.2. The molecule has 1 aliphatic heterocycles. The highest BCUT2D eigenvalue weighted by Gasteiger charge is 2.28. The Kier molecular flexibility index (Phi) is 5.05. The number of piperidine rings is 1. The largest absolute Gasteiger partial charge is 0.358 e. The third-order valence-corrected chi connectivity index (χ3v) is 3.11. The van der Waals surface area contributed by atoms with Gasteiger partial charge in [0.1, 0.15) is 0 Å². The van der Waals surface area contributed by atoms with E-state index in [1.54, 1.807) is 7.05 Å². The van der Waals surface area contributed by atoms with Gasteiger partial charge in [-0.25, -0.2) is 0 Å². The van der Waals surface area contributed by atoms with E-state index in [-0.39, 0.29) is 11.9 Å². The molecule has 1 rings (SSSR count). The Hall–Kier alpha value is -0.610. The average molecular weight is 213 g/mol. The molecule has 1 saturated heterocycles. The normalized spacial score (nSPS) is 24.9. The first-order valence-corrected chi connectivity index (χ1v) is 5.84. The molecule has 0 aliphatic carbocycles. The second kappa shape index (κ2) is 6.08. The van der Waals surface area contributed by atoms with E-state index in [4.69, 9.17) is 5.73 Å². The number of nitrogens with one attached hydrogen (secondary N) is 1. The van der Waals surface area contributed by atoms with Gasteiger partial charge >= 0.3 is 0 Å².